The number of benzene rings is 1. The third-order valence-corrected chi connectivity index (χ3v) is 4.63. The Morgan fingerprint density at radius 1 is 1.03 bits per heavy atom. The van der Waals surface area contributed by atoms with Crippen LogP contribution in [0.25, 0.3) is 0 Å². The summed E-state index contributed by atoms with van der Waals surface area (Å²) in [6.07, 6.45) is -1.02. The van der Waals surface area contributed by atoms with Gasteiger partial charge in [0.25, 0.3) is 0 Å². The summed E-state index contributed by atoms with van der Waals surface area (Å²) in [5.74, 6) is -2.30. The highest BCUT2D eigenvalue weighted by Crippen LogP contribution is 2.12. The largest absolute Gasteiger partial charge is 0.464 e. The molecule has 0 bridgehead atoms. The van der Waals surface area contributed by atoms with Crippen LogP contribution in [0, 0.1) is 5.92 Å². The van der Waals surface area contributed by atoms with E-state index in [1.165, 1.54) is 0 Å². The van der Waals surface area contributed by atoms with Gasteiger partial charge in [0.1, 0.15) is 12.1 Å². The van der Waals surface area contributed by atoms with Crippen LogP contribution in [0.4, 0.5) is 15.3 Å². The lowest BCUT2D eigenvalue weighted by Gasteiger charge is -2.25. The summed E-state index contributed by atoms with van der Waals surface area (Å²) in [6, 6.07) is 3.67. The summed E-state index contributed by atoms with van der Waals surface area (Å²) in [5.41, 5.74) is 7.71. The van der Waals surface area contributed by atoms with Crippen molar-refractivity contribution in [1.82, 2.24) is 21.4 Å². The molecular weight excluding hydrogens is 464 g/mol. The molecule has 1 aromatic rings. The number of primary amides is 1. The minimum Gasteiger partial charge on any atom is -0.464 e. The normalized spacial score (nSPS) is 12.2. The van der Waals surface area contributed by atoms with E-state index in [1.54, 1.807) is 43.6 Å². The van der Waals surface area contributed by atoms with Gasteiger partial charge in [0, 0.05) is 12.2 Å². The average molecular weight is 497 g/mol. The zero-order valence-corrected chi connectivity index (χ0v) is 19.5. The second-order valence-electron chi connectivity index (χ2n) is 7.82. The first-order valence-corrected chi connectivity index (χ1v) is 10.8. The number of hydrogen-bond acceptors (Lipinski definition) is 7. The fourth-order valence-electron chi connectivity index (χ4n) is 2.88. The summed E-state index contributed by atoms with van der Waals surface area (Å²) in [7, 11) is 0. The van der Waals surface area contributed by atoms with Gasteiger partial charge in [-0.2, -0.15) is 5.48 Å². The average Bonchev–Trinajstić information content (AvgIpc) is 2.79. The molecule has 0 fully saturated rings. The molecule has 9 N–H and O–H groups in total. The van der Waals surface area contributed by atoms with E-state index in [1.807, 2.05) is 0 Å². The highest BCUT2D eigenvalue weighted by atomic mass is 16.7. The van der Waals surface area contributed by atoms with Crippen LogP contribution in [-0.2, 0) is 25.8 Å². The second kappa shape index (κ2) is 15.1. The summed E-state index contributed by atoms with van der Waals surface area (Å²) < 4.78 is 0. The molecular formula is C21H32N6O8. The molecule has 1 aromatic carbocycles. The number of aliphatic hydroxyl groups is 1. The standard InChI is InChI=1S/C21H32N6O8/c1-12(2)17(26-16(29)11-35-27-21(33)34)19(31)25-15(4-3-9-23-20(22)32)18(30)24-14-7-5-13(10-28)6-8-14/h5-8,12,15,17,27-28H,3-4,9-11H2,1-2H3,(H,24,30)(H,25,31)(H,26,29)(H,33,34)(H3,22,23,32). The van der Waals surface area contributed by atoms with Gasteiger partial charge in [-0.1, -0.05) is 26.0 Å². The molecule has 0 aliphatic carbocycles. The van der Waals surface area contributed by atoms with Gasteiger partial charge in [-0.3, -0.25) is 19.2 Å². The zero-order chi connectivity index (χ0) is 26.4. The number of aliphatic hydroxyl groups excluding tert-OH is 1. The van der Waals surface area contributed by atoms with E-state index in [0.29, 0.717) is 17.7 Å². The van der Waals surface area contributed by atoms with Gasteiger partial charge in [0.05, 0.1) is 6.61 Å². The number of amides is 6. The molecule has 0 heterocycles. The van der Waals surface area contributed by atoms with Crippen molar-refractivity contribution >= 4 is 35.5 Å². The quantitative estimate of drug-likeness (QED) is 0.122. The minimum absolute atomic E-state index is 0.150. The van der Waals surface area contributed by atoms with Gasteiger partial charge in [0.15, 0.2) is 6.61 Å². The van der Waals surface area contributed by atoms with Crippen LogP contribution in [0.2, 0.25) is 0 Å². The van der Waals surface area contributed by atoms with E-state index in [2.05, 4.69) is 26.1 Å². The molecule has 0 saturated carbocycles. The number of urea groups is 1. The molecule has 14 nitrogen and oxygen atoms in total. The fourth-order valence-corrected chi connectivity index (χ4v) is 2.88. The van der Waals surface area contributed by atoms with Crippen molar-refractivity contribution < 1.29 is 39.0 Å². The Bertz CT molecular complexity index is 877. The number of anilines is 1. The first kappa shape index (κ1) is 29.1. The van der Waals surface area contributed by atoms with Crippen LogP contribution in [0.3, 0.4) is 0 Å². The summed E-state index contributed by atoms with van der Waals surface area (Å²) in [5, 5.41) is 27.8. The van der Waals surface area contributed by atoms with Crippen molar-refractivity contribution in [3.05, 3.63) is 29.8 Å². The van der Waals surface area contributed by atoms with Crippen LogP contribution < -0.4 is 32.5 Å². The highest BCUT2D eigenvalue weighted by molar-refractivity contribution is 5.98. The number of rotatable bonds is 14. The van der Waals surface area contributed by atoms with E-state index < -0.39 is 48.5 Å². The van der Waals surface area contributed by atoms with Crippen LogP contribution in [0.15, 0.2) is 24.3 Å². The number of carboxylic acid groups (broad SMARTS) is 1. The minimum atomic E-state index is -1.48. The molecule has 194 valence electrons. The van der Waals surface area contributed by atoms with E-state index in [9.17, 15) is 24.0 Å². The van der Waals surface area contributed by atoms with Gasteiger partial charge in [0.2, 0.25) is 17.7 Å². The topological polar surface area (TPSA) is 221 Å². The first-order valence-electron chi connectivity index (χ1n) is 10.8. The molecule has 0 aliphatic heterocycles. The third-order valence-electron chi connectivity index (χ3n) is 4.63. The molecule has 0 saturated heterocycles. The third kappa shape index (κ3) is 11.7. The van der Waals surface area contributed by atoms with E-state index in [-0.39, 0.29) is 25.5 Å². The number of hydrogen-bond donors (Lipinski definition) is 8. The Balaban J connectivity index is 2.86. The van der Waals surface area contributed by atoms with E-state index >= 15 is 0 Å². The zero-order valence-electron chi connectivity index (χ0n) is 19.5. The van der Waals surface area contributed by atoms with Crippen molar-refractivity contribution in [3.63, 3.8) is 0 Å². The Hall–Kier alpha value is -3.91. The van der Waals surface area contributed by atoms with E-state index in [4.69, 9.17) is 15.9 Å². The maximum Gasteiger partial charge on any atom is 0.428 e. The molecule has 1 rings (SSSR count). The molecule has 6 amide bonds. The van der Waals surface area contributed by atoms with Crippen LogP contribution in [0.1, 0.15) is 32.3 Å². The monoisotopic (exact) mass is 496 g/mol. The van der Waals surface area contributed by atoms with E-state index in [0.717, 1.165) is 0 Å². The lowest BCUT2D eigenvalue weighted by atomic mass is 10.0. The number of nitrogens with two attached hydrogens (primary N) is 1. The van der Waals surface area contributed by atoms with Gasteiger partial charge in [-0.15, -0.1) is 0 Å². The Morgan fingerprint density at radius 3 is 2.23 bits per heavy atom. The van der Waals surface area contributed by atoms with Crippen molar-refractivity contribution in [3.8, 4) is 0 Å². The smallest absolute Gasteiger partial charge is 0.428 e. The van der Waals surface area contributed by atoms with Crippen molar-refractivity contribution in [2.75, 3.05) is 18.5 Å². The predicted octanol–water partition coefficient (Wildman–Crippen LogP) is -0.609. The predicted molar refractivity (Wildman–Crippen MR) is 124 cm³/mol. The molecule has 35 heavy (non-hydrogen) atoms. The van der Waals surface area contributed by atoms with Crippen LogP contribution in [-0.4, -0.2) is 65.3 Å². The number of nitrogens with one attached hydrogen (secondary N) is 5. The summed E-state index contributed by atoms with van der Waals surface area (Å²) in [6.45, 7) is 2.72. The van der Waals surface area contributed by atoms with Crippen molar-refractivity contribution in [2.24, 2.45) is 11.7 Å². The lowest BCUT2D eigenvalue weighted by molar-refractivity contribution is -0.134. The maximum absolute atomic E-state index is 12.9. The Labute approximate surface area is 201 Å². The summed E-state index contributed by atoms with van der Waals surface area (Å²) >= 11 is 0. The van der Waals surface area contributed by atoms with Crippen molar-refractivity contribution in [1.29, 1.82) is 0 Å². The van der Waals surface area contributed by atoms with Gasteiger partial charge < -0.3 is 37.2 Å². The molecule has 0 radical (unpaired) electrons. The Kier molecular flexibility index (Phi) is 12.5. The van der Waals surface area contributed by atoms with Gasteiger partial charge in [-0.25, -0.2) is 9.59 Å². The van der Waals surface area contributed by atoms with Crippen LogP contribution in [0.5, 0.6) is 0 Å². The molecule has 0 spiro atoms. The number of carbonyl (C=O) groups excluding carboxylic acids is 4. The highest BCUT2D eigenvalue weighted by Gasteiger charge is 2.29. The maximum atomic E-state index is 12.9. The molecule has 0 aromatic heterocycles. The van der Waals surface area contributed by atoms with Gasteiger partial charge >= 0.3 is 12.1 Å². The molecule has 14 heteroatoms. The summed E-state index contributed by atoms with van der Waals surface area (Å²) in [4.78, 5) is 63.6. The van der Waals surface area contributed by atoms with Crippen molar-refractivity contribution in [2.45, 2.75) is 45.4 Å². The van der Waals surface area contributed by atoms with Gasteiger partial charge in [-0.05, 0) is 36.5 Å². The number of carbonyl (C=O) groups is 5. The first-order chi connectivity index (χ1) is 16.5. The fraction of sp³-hybridized carbons (Fsp3) is 0.476. The van der Waals surface area contributed by atoms with Crippen LogP contribution >= 0.6 is 0 Å². The molecule has 2 unspecified atom stereocenters. The SMILES string of the molecule is CC(C)C(NC(=O)CONC(=O)O)C(=O)NC(CCCNC(N)=O)C(=O)Nc1ccc(CO)cc1. The molecule has 2 atom stereocenters. The lowest BCUT2D eigenvalue weighted by Crippen LogP contribution is -2.55. The Morgan fingerprint density at radius 2 is 1.69 bits per heavy atom. The molecule has 0 aliphatic rings. The number of hydroxylamine groups is 1. The second-order valence-corrected chi connectivity index (χ2v) is 7.82.